The monoisotopic (exact) mass is 1060 g/mol. The molecule has 402 valence electrons. The lowest BCUT2D eigenvalue weighted by molar-refractivity contribution is -0.168. The summed E-state index contributed by atoms with van der Waals surface area (Å²) < 4.78 is 77.2. The molecule has 9 rings (SSSR count). The fourth-order valence-corrected chi connectivity index (χ4v) is 11.0. The second-order valence-corrected chi connectivity index (χ2v) is 20.4. The molecule has 1 aromatic carbocycles. The van der Waals surface area contributed by atoms with Crippen molar-refractivity contribution in [3.63, 3.8) is 0 Å². The van der Waals surface area contributed by atoms with Crippen LogP contribution in [0.25, 0.3) is 6.08 Å². The second kappa shape index (κ2) is 25.2. The summed E-state index contributed by atoms with van der Waals surface area (Å²) in [4.78, 5) is 99.2. The predicted molar refractivity (Wildman–Crippen MR) is 254 cm³/mol. The molecule has 74 heavy (non-hydrogen) atoms. The summed E-state index contributed by atoms with van der Waals surface area (Å²) in [6.45, 7) is 24.8. The zero-order valence-electron chi connectivity index (χ0n) is 41.6. The first-order valence-electron chi connectivity index (χ1n) is 23.4. The van der Waals surface area contributed by atoms with Gasteiger partial charge in [-0.3, -0.25) is 18.6 Å². The maximum atomic E-state index is 11.7. The molecule has 0 N–H and O–H groups in total. The molecule has 4 saturated carbocycles. The van der Waals surface area contributed by atoms with Gasteiger partial charge in [-0.15, -0.1) is 0 Å². The van der Waals surface area contributed by atoms with Crippen LogP contribution in [0.2, 0.25) is 0 Å². The topological polar surface area (TPSA) is 289 Å². The van der Waals surface area contributed by atoms with Gasteiger partial charge in [0.2, 0.25) is 0 Å². The summed E-state index contributed by atoms with van der Waals surface area (Å²) >= 11 is 0. The lowest BCUT2D eigenvalue weighted by Gasteiger charge is -2.25. The first-order chi connectivity index (χ1) is 34.8. The minimum atomic E-state index is -3.43. The minimum Gasteiger partial charge on any atom is -0.462 e. The number of rotatable bonds is 13. The Hall–Kier alpha value is -7.14. The number of cyclic esters (lactones) is 3. The van der Waals surface area contributed by atoms with Crippen molar-refractivity contribution in [3.8, 4) is 5.75 Å². The zero-order valence-corrected chi connectivity index (χ0v) is 42.4. The van der Waals surface area contributed by atoms with Crippen LogP contribution in [0, 0.1) is 29.6 Å². The molecule has 23 heteroatoms. The van der Waals surface area contributed by atoms with Gasteiger partial charge in [-0.1, -0.05) is 51.1 Å². The highest BCUT2D eigenvalue weighted by molar-refractivity contribution is 7.87. The minimum absolute atomic E-state index is 0.00733. The van der Waals surface area contributed by atoms with E-state index in [1.54, 1.807) is 39.0 Å². The Labute approximate surface area is 427 Å². The van der Waals surface area contributed by atoms with Gasteiger partial charge in [0.15, 0.2) is 12.7 Å². The van der Waals surface area contributed by atoms with E-state index in [1.807, 2.05) is 12.1 Å². The lowest BCUT2D eigenvalue weighted by atomic mass is 9.88. The lowest BCUT2D eigenvalue weighted by Crippen LogP contribution is -2.37. The van der Waals surface area contributed by atoms with E-state index in [9.17, 15) is 51.6 Å². The van der Waals surface area contributed by atoms with Crippen molar-refractivity contribution in [2.45, 2.75) is 109 Å². The molecule has 0 spiro atoms. The highest BCUT2D eigenvalue weighted by Crippen LogP contribution is 2.56. The van der Waals surface area contributed by atoms with Gasteiger partial charge < -0.3 is 47.4 Å². The summed E-state index contributed by atoms with van der Waals surface area (Å²) in [5.41, 5.74) is 2.20. The van der Waals surface area contributed by atoms with Crippen LogP contribution in [-0.4, -0.2) is 131 Å². The molecule has 0 amide bonds. The number of carbonyl (C=O) groups excluding carboxylic acids is 9. The molecule has 4 bridgehead atoms. The molecule has 4 heterocycles. The van der Waals surface area contributed by atoms with Crippen LogP contribution in [-0.2, 0) is 95.3 Å². The van der Waals surface area contributed by atoms with Gasteiger partial charge in [-0.25, -0.2) is 28.8 Å². The summed E-state index contributed by atoms with van der Waals surface area (Å²) in [6.07, 6.45) is 1.58. The predicted octanol–water partition coefficient (Wildman–Crippen LogP) is 4.53. The number of ether oxygens (including phenoxy) is 10. The highest BCUT2D eigenvalue weighted by Gasteiger charge is 2.66. The van der Waals surface area contributed by atoms with Crippen LogP contribution in [0.15, 0.2) is 79.5 Å². The quantitative estimate of drug-likeness (QED) is 0.0862. The summed E-state index contributed by atoms with van der Waals surface area (Å²) in [5, 5.41) is -0.378. The summed E-state index contributed by atoms with van der Waals surface area (Å²) in [6, 6.07) is 7.15. The first kappa shape index (κ1) is 57.8. The molecule has 22 nitrogen and oxygen atoms in total. The van der Waals surface area contributed by atoms with Gasteiger partial charge in [0.05, 0.1) is 17.6 Å². The standard InChI is InChI=1S/C14H16O6.C11H14O5S.C10H10O2.C8H10O5.C8H10O4/c1-6(2)13(16)18-5-10(15)19-11-7-3-8-9(4-7)14(17)20-12(8)11;1-5(2)11(12)15-9-6-3-7-8(4-6)17(13,14)16-10(7)9;1-3-9-4-6-10(7-5-9)12-8(2)11;1-5(2)7(9)11-3-6-4-12-8(10)13-6;1-5(2)8(10)12-6-3-7(9)11-4-6/h7-9,11-12H,1,3-5H2,2H3;6-10H,1,3-4H2,2H3;3-7H,1H2,2H3;6H,1,3-4H2,2H3;6H,1,3-4H2,2H3. The zero-order chi connectivity index (χ0) is 54.8. The van der Waals surface area contributed by atoms with Gasteiger partial charge in [0.25, 0.3) is 10.1 Å². The largest absolute Gasteiger partial charge is 0.508 e. The van der Waals surface area contributed by atoms with Gasteiger partial charge in [0, 0.05) is 52.9 Å². The van der Waals surface area contributed by atoms with E-state index >= 15 is 0 Å². The Morgan fingerprint density at radius 2 is 1.26 bits per heavy atom. The van der Waals surface area contributed by atoms with Crippen molar-refractivity contribution in [2.24, 2.45) is 29.6 Å². The van der Waals surface area contributed by atoms with E-state index in [2.05, 4.69) is 47.1 Å². The van der Waals surface area contributed by atoms with Crippen LogP contribution in [0.1, 0.15) is 72.3 Å². The van der Waals surface area contributed by atoms with Crippen molar-refractivity contribution in [2.75, 3.05) is 26.4 Å². The van der Waals surface area contributed by atoms with Crippen molar-refractivity contribution in [1.82, 2.24) is 0 Å². The molecule has 8 fully saturated rings. The van der Waals surface area contributed by atoms with E-state index in [4.69, 9.17) is 37.3 Å². The van der Waals surface area contributed by atoms with Crippen molar-refractivity contribution in [3.05, 3.63) is 85.0 Å². The van der Waals surface area contributed by atoms with Crippen LogP contribution in [0.4, 0.5) is 4.79 Å². The Morgan fingerprint density at radius 1 is 0.676 bits per heavy atom. The molecule has 12 unspecified atom stereocenters. The molecule has 4 aliphatic carbocycles. The molecule has 8 aliphatic rings. The first-order valence-corrected chi connectivity index (χ1v) is 24.9. The third-order valence-electron chi connectivity index (χ3n) is 12.6. The van der Waals surface area contributed by atoms with Crippen molar-refractivity contribution < 1.29 is 103 Å². The Kier molecular flexibility index (Phi) is 19.7. The molecule has 4 saturated heterocycles. The van der Waals surface area contributed by atoms with Crippen molar-refractivity contribution in [1.29, 1.82) is 0 Å². The number of hydrogen-bond donors (Lipinski definition) is 0. The normalized spacial score (nSPS) is 28.8. The van der Waals surface area contributed by atoms with E-state index in [-0.39, 0.29) is 90.7 Å². The van der Waals surface area contributed by atoms with Gasteiger partial charge in [-0.2, -0.15) is 8.42 Å². The van der Waals surface area contributed by atoms with Gasteiger partial charge in [-0.05, 0) is 71.1 Å². The molecule has 0 aromatic heterocycles. The van der Waals surface area contributed by atoms with Crippen LogP contribution >= 0.6 is 0 Å². The molecule has 1 aromatic rings. The fraction of sp³-hybridized carbons (Fsp3) is 0.510. The Bertz CT molecular complexity index is 2540. The molecule has 4 aliphatic heterocycles. The smallest absolute Gasteiger partial charge is 0.462 e. The summed E-state index contributed by atoms with van der Waals surface area (Å²) in [5.74, 6) is -2.43. The van der Waals surface area contributed by atoms with Gasteiger partial charge >= 0.3 is 53.9 Å². The van der Waals surface area contributed by atoms with E-state index < -0.39 is 83.2 Å². The number of carbonyl (C=O) groups is 9. The van der Waals surface area contributed by atoms with Gasteiger partial charge in [0.1, 0.15) is 56.1 Å². The average Bonchev–Trinajstić information content (AvgIpc) is 4.23. The Balaban J connectivity index is 0.000000174. The molecular weight excluding hydrogens is 997 g/mol. The number of fused-ring (bicyclic) bond motifs is 2. The third kappa shape index (κ3) is 15.2. The average molecular weight is 1060 g/mol. The van der Waals surface area contributed by atoms with Crippen LogP contribution < -0.4 is 4.74 Å². The molecule has 12 atom stereocenters. The molecular formula is C51H60O22S. The maximum Gasteiger partial charge on any atom is 0.508 e. The Morgan fingerprint density at radius 3 is 1.81 bits per heavy atom. The van der Waals surface area contributed by atoms with E-state index in [1.165, 1.54) is 13.8 Å². The second-order valence-electron chi connectivity index (χ2n) is 18.6. The maximum absolute atomic E-state index is 11.7. The SMILES string of the molecule is C=C(C)C(=O)OC1C2CC3C1OS(=O)(=O)C3C2.C=C(C)C(=O)OC1COC(=O)C1.C=C(C)C(=O)OCC(=O)OC1C2CC3C(=O)OC1C3C2.C=C(C)C(=O)OCC1COC(=O)O1.C=Cc1ccc(OC(C)=O)cc1. The summed E-state index contributed by atoms with van der Waals surface area (Å²) in [7, 11) is -3.43. The number of hydrogen-bond acceptors (Lipinski definition) is 22. The van der Waals surface area contributed by atoms with Crippen molar-refractivity contribution >= 4 is 70.1 Å². The van der Waals surface area contributed by atoms with Crippen LogP contribution in [0.5, 0.6) is 5.75 Å². The van der Waals surface area contributed by atoms with Crippen LogP contribution in [0.3, 0.4) is 0 Å². The fourth-order valence-electron chi connectivity index (χ4n) is 9.16. The highest BCUT2D eigenvalue weighted by atomic mass is 32.2. The molecule has 0 radical (unpaired) electrons. The third-order valence-corrected chi connectivity index (χ3v) is 14.4. The van der Waals surface area contributed by atoms with E-state index in [0.29, 0.717) is 28.9 Å². The number of benzene rings is 1. The van der Waals surface area contributed by atoms with E-state index in [0.717, 1.165) is 24.8 Å². The number of esters is 8.